The van der Waals surface area contributed by atoms with Crippen LogP contribution >= 0.6 is 0 Å². The fourth-order valence-corrected chi connectivity index (χ4v) is 3.18. The van der Waals surface area contributed by atoms with E-state index in [0.717, 1.165) is 44.0 Å². The van der Waals surface area contributed by atoms with E-state index in [1.165, 1.54) is 18.4 Å². The van der Waals surface area contributed by atoms with E-state index in [1.807, 2.05) is 19.1 Å². The van der Waals surface area contributed by atoms with Gasteiger partial charge in [0.1, 0.15) is 5.75 Å². The van der Waals surface area contributed by atoms with Gasteiger partial charge in [0.15, 0.2) is 5.82 Å². The van der Waals surface area contributed by atoms with Gasteiger partial charge in [-0.05, 0) is 56.0 Å². The third kappa shape index (κ3) is 4.55. The number of piperidine rings is 1. The Morgan fingerprint density at radius 3 is 2.57 bits per heavy atom. The molecule has 2 aromatic rings. The zero-order chi connectivity index (χ0) is 16.1. The summed E-state index contributed by atoms with van der Waals surface area (Å²) < 4.78 is 10.2. The van der Waals surface area contributed by atoms with E-state index in [9.17, 15) is 0 Å². The molecule has 2 heterocycles. The Balaban J connectivity index is 1.40. The summed E-state index contributed by atoms with van der Waals surface area (Å²) >= 11 is 0. The molecule has 1 fully saturated rings. The fraction of sp³-hybridized carbons (Fsp3) is 0.556. The molecule has 5 heteroatoms. The molecule has 0 atom stereocenters. The molecule has 124 valence electrons. The van der Waals surface area contributed by atoms with Gasteiger partial charge >= 0.3 is 0 Å². The molecule has 1 aliphatic rings. The maximum atomic E-state index is 5.20. The van der Waals surface area contributed by atoms with Crippen molar-refractivity contribution in [1.29, 1.82) is 0 Å². The van der Waals surface area contributed by atoms with Gasteiger partial charge in [-0.15, -0.1) is 0 Å². The Morgan fingerprint density at radius 1 is 1.22 bits per heavy atom. The van der Waals surface area contributed by atoms with E-state index in [1.54, 1.807) is 7.11 Å². The number of aromatic nitrogens is 2. The van der Waals surface area contributed by atoms with Crippen molar-refractivity contribution in [2.75, 3.05) is 26.7 Å². The molecule has 0 N–H and O–H groups in total. The van der Waals surface area contributed by atoms with E-state index in [-0.39, 0.29) is 0 Å². The summed E-state index contributed by atoms with van der Waals surface area (Å²) in [6.07, 6.45) is 4.48. The van der Waals surface area contributed by atoms with Crippen LogP contribution in [0.15, 0.2) is 28.8 Å². The molecule has 0 amide bonds. The van der Waals surface area contributed by atoms with Crippen molar-refractivity contribution < 1.29 is 9.26 Å². The van der Waals surface area contributed by atoms with Gasteiger partial charge in [0, 0.05) is 19.9 Å². The van der Waals surface area contributed by atoms with E-state index < -0.39 is 0 Å². The zero-order valence-corrected chi connectivity index (χ0v) is 14.0. The first-order chi connectivity index (χ1) is 11.2. The molecule has 1 aliphatic heterocycles. The fourth-order valence-electron chi connectivity index (χ4n) is 3.18. The van der Waals surface area contributed by atoms with E-state index in [0.29, 0.717) is 11.8 Å². The van der Waals surface area contributed by atoms with Gasteiger partial charge in [-0.25, -0.2) is 0 Å². The molecular formula is C18H25N3O2. The quantitative estimate of drug-likeness (QED) is 0.820. The van der Waals surface area contributed by atoms with Crippen molar-refractivity contribution in [3.05, 3.63) is 41.5 Å². The first kappa shape index (κ1) is 16.0. The highest BCUT2D eigenvalue weighted by Crippen LogP contribution is 2.21. The van der Waals surface area contributed by atoms with Crippen molar-refractivity contribution in [3.8, 4) is 5.75 Å². The number of likely N-dealkylation sites (tertiary alicyclic amines) is 1. The number of ether oxygens (including phenoxy) is 1. The lowest BCUT2D eigenvalue weighted by Crippen LogP contribution is -2.35. The number of methoxy groups -OCH3 is 1. The largest absolute Gasteiger partial charge is 0.497 e. The topological polar surface area (TPSA) is 51.4 Å². The second kappa shape index (κ2) is 7.59. The molecule has 1 aromatic heterocycles. The summed E-state index contributed by atoms with van der Waals surface area (Å²) in [5, 5.41) is 4.01. The summed E-state index contributed by atoms with van der Waals surface area (Å²) in [5.41, 5.74) is 1.37. The predicted octanol–water partition coefficient (Wildman–Crippen LogP) is 2.88. The summed E-state index contributed by atoms with van der Waals surface area (Å²) in [5.74, 6) is 3.13. The van der Waals surface area contributed by atoms with Crippen LogP contribution in [0.25, 0.3) is 0 Å². The molecule has 0 unspecified atom stereocenters. The van der Waals surface area contributed by atoms with Crippen LogP contribution < -0.4 is 4.74 Å². The lowest BCUT2D eigenvalue weighted by Gasteiger charge is -2.31. The first-order valence-electron chi connectivity index (χ1n) is 8.37. The van der Waals surface area contributed by atoms with Crippen LogP contribution in [0.3, 0.4) is 0 Å². The molecule has 3 rings (SSSR count). The minimum Gasteiger partial charge on any atom is -0.497 e. The monoisotopic (exact) mass is 315 g/mol. The van der Waals surface area contributed by atoms with Gasteiger partial charge in [-0.2, -0.15) is 4.98 Å². The number of hydrogen-bond donors (Lipinski definition) is 0. The summed E-state index contributed by atoms with van der Waals surface area (Å²) in [4.78, 5) is 6.87. The maximum absolute atomic E-state index is 5.20. The molecular weight excluding hydrogens is 290 g/mol. The molecule has 0 bridgehead atoms. The Morgan fingerprint density at radius 2 is 1.96 bits per heavy atom. The van der Waals surface area contributed by atoms with Crippen LogP contribution in [0, 0.1) is 12.8 Å². The van der Waals surface area contributed by atoms with Crippen LogP contribution in [0.1, 0.15) is 30.1 Å². The molecule has 0 spiro atoms. The summed E-state index contributed by atoms with van der Waals surface area (Å²) in [6.45, 7) is 5.30. The van der Waals surface area contributed by atoms with Crippen LogP contribution in [0.5, 0.6) is 5.75 Å². The minimum absolute atomic E-state index is 0.664. The van der Waals surface area contributed by atoms with Crippen LogP contribution in [0.4, 0.5) is 0 Å². The summed E-state index contributed by atoms with van der Waals surface area (Å²) in [7, 11) is 1.70. The van der Waals surface area contributed by atoms with Crippen LogP contribution in [-0.4, -0.2) is 41.8 Å². The standard InChI is InChI=1S/C18H25N3O2/c1-14-19-18(20-23-14)13-16-8-11-21(12-9-16)10-7-15-3-5-17(22-2)6-4-15/h3-6,16H,7-13H2,1-2H3. The van der Waals surface area contributed by atoms with Gasteiger partial charge in [0.2, 0.25) is 5.89 Å². The molecule has 0 radical (unpaired) electrons. The number of benzene rings is 1. The average molecular weight is 315 g/mol. The van der Waals surface area contributed by atoms with Gasteiger partial charge in [-0.1, -0.05) is 17.3 Å². The number of aryl methyl sites for hydroxylation is 1. The smallest absolute Gasteiger partial charge is 0.223 e. The first-order valence-corrected chi connectivity index (χ1v) is 8.37. The van der Waals surface area contributed by atoms with Crippen LogP contribution in [-0.2, 0) is 12.8 Å². The highest BCUT2D eigenvalue weighted by Gasteiger charge is 2.20. The van der Waals surface area contributed by atoms with Gasteiger partial charge in [-0.3, -0.25) is 0 Å². The highest BCUT2D eigenvalue weighted by atomic mass is 16.5. The molecule has 0 aliphatic carbocycles. The van der Waals surface area contributed by atoms with Crippen molar-refractivity contribution in [2.45, 2.75) is 32.6 Å². The Bertz CT molecular complexity index is 601. The van der Waals surface area contributed by atoms with Crippen molar-refractivity contribution in [1.82, 2.24) is 15.0 Å². The van der Waals surface area contributed by atoms with Crippen molar-refractivity contribution in [3.63, 3.8) is 0 Å². The minimum atomic E-state index is 0.664. The lowest BCUT2D eigenvalue weighted by molar-refractivity contribution is 0.184. The van der Waals surface area contributed by atoms with E-state index in [4.69, 9.17) is 9.26 Å². The average Bonchev–Trinajstić information content (AvgIpc) is 2.99. The Labute approximate surface area is 137 Å². The van der Waals surface area contributed by atoms with Gasteiger partial charge in [0.25, 0.3) is 0 Å². The van der Waals surface area contributed by atoms with Crippen LogP contribution in [0.2, 0.25) is 0 Å². The molecule has 1 aromatic carbocycles. The molecule has 0 saturated carbocycles. The Hall–Kier alpha value is -1.88. The molecule has 5 nitrogen and oxygen atoms in total. The molecule has 23 heavy (non-hydrogen) atoms. The lowest BCUT2D eigenvalue weighted by atomic mass is 9.93. The van der Waals surface area contributed by atoms with Crippen molar-refractivity contribution >= 4 is 0 Å². The van der Waals surface area contributed by atoms with Gasteiger partial charge in [0.05, 0.1) is 7.11 Å². The van der Waals surface area contributed by atoms with Crippen molar-refractivity contribution in [2.24, 2.45) is 5.92 Å². The second-order valence-electron chi connectivity index (χ2n) is 6.32. The third-order valence-electron chi connectivity index (χ3n) is 4.62. The van der Waals surface area contributed by atoms with Gasteiger partial charge < -0.3 is 14.2 Å². The normalized spacial score (nSPS) is 16.6. The Kier molecular flexibility index (Phi) is 5.28. The maximum Gasteiger partial charge on any atom is 0.223 e. The second-order valence-corrected chi connectivity index (χ2v) is 6.32. The highest BCUT2D eigenvalue weighted by molar-refractivity contribution is 5.27. The number of nitrogens with zero attached hydrogens (tertiary/aromatic N) is 3. The summed E-state index contributed by atoms with van der Waals surface area (Å²) in [6, 6.07) is 8.39. The van der Waals surface area contributed by atoms with E-state index >= 15 is 0 Å². The third-order valence-corrected chi connectivity index (χ3v) is 4.62. The number of hydrogen-bond acceptors (Lipinski definition) is 5. The zero-order valence-electron chi connectivity index (χ0n) is 14.0. The predicted molar refractivity (Wildman–Crippen MR) is 88.6 cm³/mol. The number of rotatable bonds is 6. The molecule has 1 saturated heterocycles. The van der Waals surface area contributed by atoms with E-state index in [2.05, 4.69) is 27.2 Å². The SMILES string of the molecule is COc1ccc(CCN2CCC(Cc3noc(C)n3)CC2)cc1.